The fraction of sp³-hybridized carbons (Fsp3) is 0.400. The lowest BCUT2D eigenvalue weighted by molar-refractivity contribution is 0.240. The molecule has 0 aliphatic carbocycles. The van der Waals surface area contributed by atoms with Gasteiger partial charge in [0.1, 0.15) is 12.4 Å². The molecule has 0 aliphatic heterocycles. The van der Waals surface area contributed by atoms with E-state index in [0.29, 0.717) is 18.6 Å². The van der Waals surface area contributed by atoms with E-state index in [1.54, 1.807) is 6.20 Å². The van der Waals surface area contributed by atoms with Gasteiger partial charge in [0.05, 0.1) is 5.52 Å². The summed E-state index contributed by atoms with van der Waals surface area (Å²) in [6.07, 6.45) is 1.80. The lowest BCUT2D eigenvalue weighted by Gasteiger charge is -2.20. The van der Waals surface area contributed by atoms with Crippen molar-refractivity contribution in [1.82, 2.24) is 10.3 Å². The smallest absolute Gasteiger partial charge is 0.128 e. The van der Waals surface area contributed by atoms with Crippen LogP contribution < -0.4 is 10.1 Å². The summed E-state index contributed by atoms with van der Waals surface area (Å²) in [6, 6.07) is 10.3. The van der Waals surface area contributed by atoms with Crippen LogP contribution >= 0.6 is 0 Å². The quantitative estimate of drug-likeness (QED) is 0.878. The Morgan fingerprint density at radius 2 is 2.06 bits per heavy atom. The molecule has 1 N–H and O–H groups in total. The van der Waals surface area contributed by atoms with Crippen LogP contribution in [-0.2, 0) is 0 Å². The standard InChI is InChI=1S/C15H20N2O/c1-11(2)14(16-3)10-18-15-8-4-7-13-12(15)6-5-9-17-13/h4-9,11,14,16H,10H2,1-3H3. The minimum absolute atomic E-state index is 0.358. The van der Waals surface area contributed by atoms with Gasteiger partial charge in [-0.25, -0.2) is 0 Å². The summed E-state index contributed by atoms with van der Waals surface area (Å²) in [4.78, 5) is 4.33. The van der Waals surface area contributed by atoms with Crippen LogP contribution in [0.4, 0.5) is 0 Å². The Kier molecular flexibility index (Phi) is 4.15. The Labute approximate surface area is 108 Å². The van der Waals surface area contributed by atoms with Gasteiger partial charge in [-0.3, -0.25) is 4.98 Å². The van der Waals surface area contributed by atoms with Crippen LogP contribution in [0.2, 0.25) is 0 Å². The van der Waals surface area contributed by atoms with Crippen LogP contribution in [-0.4, -0.2) is 24.7 Å². The number of ether oxygens (including phenoxy) is 1. The van der Waals surface area contributed by atoms with Gasteiger partial charge < -0.3 is 10.1 Å². The molecule has 0 saturated carbocycles. The van der Waals surface area contributed by atoms with E-state index in [2.05, 4.69) is 24.1 Å². The van der Waals surface area contributed by atoms with E-state index in [9.17, 15) is 0 Å². The molecule has 96 valence electrons. The van der Waals surface area contributed by atoms with Crippen molar-refractivity contribution in [3.8, 4) is 5.75 Å². The van der Waals surface area contributed by atoms with Gasteiger partial charge in [0.15, 0.2) is 0 Å². The first kappa shape index (κ1) is 12.8. The number of aromatic nitrogens is 1. The van der Waals surface area contributed by atoms with Crippen LogP contribution in [0, 0.1) is 5.92 Å². The third-order valence-electron chi connectivity index (χ3n) is 3.20. The number of likely N-dealkylation sites (N-methyl/N-ethyl adjacent to an activating group) is 1. The average molecular weight is 244 g/mol. The Bertz CT molecular complexity index is 505. The molecule has 1 aromatic heterocycles. The molecule has 1 unspecified atom stereocenters. The van der Waals surface area contributed by atoms with E-state index in [4.69, 9.17) is 4.74 Å². The number of pyridine rings is 1. The summed E-state index contributed by atoms with van der Waals surface area (Å²) in [5.74, 6) is 1.45. The lowest BCUT2D eigenvalue weighted by Crippen LogP contribution is -2.36. The van der Waals surface area contributed by atoms with Crippen molar-refractivity contribution in [2.75, 3.05) is 13.7 Å². The van der Waals surface area contributed by atoms with Gasteiger partial charge in [-0.1, -0.05) is 19.9 Å². The van der Waals surface area contributed by atoms with Crippen LogP contribution in [0.25, 0.3) is 10.9 Å². The summed E-state index contributed by atoms with van der Waals surface area (Å²) in [5.41, 5.74) is 0.973. The largest absolute Gasteiger partial charge is 0.491 e. The summed E-state index contributed by atoms with van der Waals surface area (Å²) in [6.45, 7) is 5.05. The van der Waals surface area contributed by atoms with Crippen molar-refractivity contribution in [1.29, 1.82) is 0 Å². The van der Waals surface area contributed by atoms with Crippen molar-refractivity contribution < 1.29 is 4.74 Å². The highest BCUT2D eigenvalue weighted by atomic mass is 16.5. The van der Waals surface area contributed by atoms with E-state index >= 15 is 0 Å². The molecule has 0 fully saturated rings. The third kappa shape index (κ3) is 2.79. The zero-order chi connectivity index (χ0) is 13.0. The molecule has 1 aromatic carbocycles. The molecule has 0 spiro atoms. The third-order valence-corrected chi connectivity index (χ3v) is 3.20. The van der Waals surface area contributed by atoms with E-state index in [0.717, 1.165) is 16.7 Å². The Morgan fingerprint density at radius 1 is 1.22 bits per heavy atom. The van der Waals surface area contributed by atoms with E-state index in [-0.39, 0.29) is 0 Å². The number of fused-ring (bicyclic) bond motifs is 1. The highest BCUT2D eigenvalue weighted by Crippen LogP contribution is 2.23. The second-order valence-corrected chi connectivity index (χ2v) is 4.78. The van der Waals surface area contributed by atoms with E-state index in [1.807, 2.05) is 37.4 Å². The molecule has 3 heteroatoms. The van der Waals surface area contributed by atoms with Crippen LogP contribution in [0.5, 0.6) is 5.75 Å². The number of hydrogen-bond donors (Lipinski definition) is 1. The molecule has 1 atom stereocenters. The Balaban J connectivity index is 2.17. The number of rotatable bonds is 5. The fourth-order valence-corrected chi connectivity index (χ4v) is 1.99. The van der Waals surface area contributed by atoms with Crippen molar-refractivity contribution in [3.63, 3.8) is 0 Å². The lowest BCUT2D eigenvalue weighted by atomic mass is 10.1. The molecule has 0 radical (unpaired) electrons. The predicted molar refractivity (Wildman–Crippen MR) is 74.9 cm³/mol. The number of benzene rings is 1. The Morgan fingerprint density at radius 3 is 2.78 bits per heavy atom. The van der Waals surface area contributed by atoms with E-state index in [1.165, 1.54) is 0 Å². The van der Waals surface area contributed by atoms with E-state index < -0.39 is 0 Å². The van der Waals surface area contributed by atoms with Crippen LogP contribution in [0.15, 0.2) is 36.5 Å². The summed E-state index contributed by atoms with van der Waals surface area (Å²) in [5, 5.41) is 4.35. The van der Waals surface area contributed by atoms with Crippen molar-refractivity contribution >= 4 is 10.9 Å². The molecule has 3 nitrogen and oxygen atoms in total. The van der Waals surface area contributed by atoms with Gasteiger partial charge in [0.2, 0.25) is 0 Å². The first-order valence-electron chi connectivity index (χ1n) is 6.36. The highest BCUT2D eigenvalue weighted by molar-refractivity contribution is 5.84. The van der Waals surface area contributed by atoms with Crippen molar-refractivity contribution in [2.24, 2.45) is 5.92 Å². The number of nitrogens with zero attached hydrogens (tertiary/aromatic N) is 1. The molecule has 0 amide bonds. The maximum absolute atomic E-state index is 5.93. The highest BCUT2D eigenvalue weighted by Gasteiger charge is 2.12. The SMILES string of the molecule is CNC(COc1cccc2ncccc12)C(C)C. The van der Waals surface area contributed by atoms with Gasteiger partial charge in [0.25, 0.3) is 0 Å². The molecule has 18 heavy (non-hydrogen) atoms. The zero-order valence-electron chi connectivity index (χ0n) is 11.2. The molecule has 2 rings (SSSR count). The Hall–Kier alpha value is -1.61. The number of nitrogens with one attached hydrogen (secondary N) is 1. The fourth-order valence-electron chi connectivity index (χ4n) is 1.99. The first-order chi connectivity index (χ1) is 8.72. The van der Waals surface area contributed by atoms with Gasteiger partial charge >= 0.3 is 0 Å². The van der Waals surface area contributed by atoms with Crippen LogP contribution in [0.3, 0.4) is 0 Å². The second-order valence-electron chi connectivity index (χ2n) is 4.78. The van der Waals surface area contributed by atoms with Crippen molar-refractivity contribution in [2.45, 2.75) is 19.9 Å². The van der Waals surface area contributed by atoms with Crippen molar-refractivity contribution in [3.05, 3.63) is 36.5 Å². The molecular weight excluding hydrogens is 224 g/mol. The van der Waals surface area contributed by atoms with Gasteiger partial charge in [-0.15, -0.1) is 0 Å². The minimum Gasteiger partial charge on any atom is -0.491 e. The number of hydrogen-bond acceptors (Lipinski definition) is 3. The molecule has 0 aliphatic rings. The molecule has 2 aromatic rings. The van der Waals surface area contributed by atoms with Gasteiger partial charge in [-0.2, -0.15) is 0 Å². The maximum atomic E-state index is 5.93. The molecule has 0 saturated heterocycles. The minimum atomic E-state index is 0.358. The van der Waals surface area contributed by atoms with Gasteiger partial charge in [0, 0.05) is 17.6 Å². The average Bonchev–Trinajstić information content (AvgIpc) is 2.39. The normalized spacial score (nSPS) is 12.9. The first-order valence-corrected chi connectivity index (χ1v) is 6.36. The molecule has 1 heterocycles. The summed E-state index contributed by atoms with van der Waals surface area (Å²) < 4.78 is 5.93. The molecular formula is C15H20N2O. The summed E-state index contributed by atoms with van der Waals surface area (Å²) in [7, 11) is 1.97. The van der Waals surface area contributed by atoms with Gasteiger partial charge in [-0.05, 0) is 37.2 Å². The predicted octanol–water partition coefficient (Wildman–Crippen LogP) is 2.86. The maximum Gasteiger partial charge on any atom is 0.128 e. The summed E-state index contributed by atoms with van der Waals surface area (Å²) >= 11 is 0. The second kappa shape index (κ2) is 5.83. The zero-order valence-corrected chi connectivity index (χ0v) is 11.2. The molecule has 0 bridgehead atoms. The topological polar surface area (TPSA) is 34.1 Å². The van der Waals surface area contributed by atoms with Crippen LogP contribution in [0.1, 0.15) is 13.8 Å². The monoisotopic (exact) mass is 244 g/mol.